The number of halogens is 4. The Kier molecular flexibility index (Phi) is 4.88. The van der Waals surface area contributed by atoms with Crippen LogP contribution in [0.25, 0.3) is 32.9 Å². The van der Waals surface area contributed by atoms with E-state index in [0.717, 1.165) is 0 Å². The first-order chi connectivity index (χ1) is 15.8. The van der Waals surface area contributed by atoms with Crippen molar-refractivity contribution in [3.63, 3.8) is 0 Å². The lowest BCUT2D eigenvalue weighted by Gasteiger charge is -2.13. The number of nitrogens with zero attached hydrogens (tertiary/aromatic N) is 6. The summed E-state index contributed by atoms with van der Waals surface area (Å²) >= 11 is 0. The molecule has 0 aliphatic carbocycles. The first-order valence-electron chi connectivity index (χ1n) is 9.74. The molecule has 0 atom stereocenters. The molecule has 33 heavy (non-hydrogen) atoms. The van der Waals surface area contributed by atoms with Crippen LogP contribution >= 0.6 is 0 Å². The lowest BCUT2D eigenvalue weighted by Crippen LogP contribution is -2.30. The number of imidazole rings is 1. The first-order valence-corrected chi connectivity index (χ1v) is 9.74. The molecular weight excluding hydrogens is 440 g/mol. The van der Waals surface area contributed by atoms with Crippen LogP contribution in [0, 0.1) is 5.82 Å². The normalized spacial score (nSPS) is 12.0. The lowest BCUT2D eigenvalue weighted by atomic mass is 9.99. The zero-order valence-electron chi connectivity index (χ0n) is 16.8. The molecule has 0 unspecified atom stereocenters. The highest BCUT2D eigenvalue weighted by Gasteiger charge is 2.31. The minimum absolute atomic E-state index is 0.111. The molecule has 5 rings (SSSR count). The molecule has 0 saturated carbocycles. The van der Waals surface area contributed by atoms with E-state index in [4.69, 9.17) is 0 Å². The molecule has 0 aliphatic rings. The zero-order valence-corrected chi connectivity index (χ0v) is 16.8. The Morgan fingerprint density at radius 3 is 2.45 bits per heavy atom. The molecule has 0 aliphatic heterocycles. The van der Waals surface area contributed by atoms with Crippen LogP contribution in [0.5, 0.6) is 0 Å². The highest BCUT2D eigenvalue weighted by Crippen LogP contribution is 2.31. The van der Waals surface area contributed by atoms with Crippen molar-refractivity contribution in [2.75, 3.05) is 0 Å². The minimum Gasteiger partial charge on any atom is -0.284 e. The van der Waals surface area contributed by atoms with Crippen molar-refractivity contribution >= 4 is 21.8 Å². The second kappa shape index (κ2) is 7.76. The summed E-state index contributed by atoms with van der Waals surface area (Å²) in [5, 5.41) is 1.16. The molecule has 4 aromatic heterocycles. The molecule has 5 aromatic rings. The van der Waals surface area contributed by atoms with E-state index in [1.807, 2.05) is 0 Å². The number of hydrogen-bond donors (Lipinski definition) is 0. The van der Waals surface area contributed by atoms with E-state index < -0.39 is 24.2 Å². The smallest absolute Gasteiger partial charge is 0.284 e. The maximum atomic E-state index is 13.8. The van der Waals surface area contributed by atoms with E-state index in [9.17, 15) is 22.4 Å². The lowest BCUT2D eigenvalue weighted by molar-refractivity contribution is -0.140. The number of rotatable bonds is 4. The van der Waals surface area contributed by atoms with E-state index >= 15 is 0 Å². The number of hydrogen-bond acceptors (Lipinski definition) is 5. The van der Waals surface area contributed by atoms with Gasteiger partial charge in [-0.2, -0.15) is 13.2 Å². The highest BCUT2D eigenvalue weighted by atomic mass is 19.4. The van der Waals surface area contributed by atoms with Gasteiger partial charge in [0.1, 0.15) is 18.7 Å². The molecular formula is C22H14F4N6O. The van der Waals surface area contributed by atoms with Gasteiger partial charge in [-0.1, -0.05) is 6.07 Å². The minimum atomic E-state index is -4.58. The van der Waals surface area contributed by atoms with E-state index in [1.54, 1.807) is 18.5 Å². The Morgan fingerprint density at radius 2 is 1.70 bits per heavy atom. The molecule has 0 radical (unpaired) electrons. The molecule has 1 aromatic carbocycles. The van der Waals surface area contributed by atoms with E-state index in [0.29, 0.717) is 32.2 Å². The van der Waals surface area contributed by atoms with Crippen LogP contribution in [0.1, 0.15) is 5.69 Å². The Balaban J connectivity index is 1.73. The van der Waals surface area contributed by atoms with Crippen molar-refractivity contribution in [3.8, 4) is 11.1 Å². The second-order valence-corrected chi connectivity index (χ2v) is 7.37. The summed E-state index contributed by atoms with van der Waals surface area (Å²) < 4.78 is 55.1. The Morgan fingerprint density at radius 1 is 0.909 bits per heavy atom. The number of pyridine rings is 2. The maximum Gasteiger partial charge on any atom is 0.406 e. The molecule has 7 nitrogen and oxygen atoms in total. The summed E-state index contributed by atoms with van der Waals surface area (Å²) in [7, 11) is 0. The van der Waals surface area contributed by atoms with Gasteiger partial charge < -0.3 is 0 Å². The summed E-state index contributed by atoms with van der Waals surface area (Å²) in [6.07, 6.45) is 3.99. The van der Waals surface area contributed by atoms with Gasteiger partial charge in [0.25, 0.3) is 0 Å². The number of benzene rings is 1. The van der Waals surface area contributed by atoms with Crippen LogP contribution in [-0.2, 0) is 13.1 Å². The van der Waals surface area contributed by atoms with Gasteiger partial charge in [0.2, 0.25) is 0 Å². The van der Waals surface area contributed by atoms with Crippen molar-refractivity contribution < 1.29 is 17.6 Å². The zero-order chi connectivity index (χ0) is 23.2. The molecule has 0 spiro atoms. The van der Waals surface area contributed by atoms with Gasteiger partial charge in [-0.3, -0.25) is 19.1 Å². The quantitative estimate of drug-likeness (QED) is 0.384. The van der Waals surface area contributed by atoms with Gasteiger partial charge in [-0.05, 0) is 23.6 Å². The second-order valence-electron chi connectivity index (χ2n) is 7.37. The van der Waals surface area contributed by atoms with E-state index in [2.05, 4.69) is 19.9 Å². The van der Waals surface area contributed by atoms with Gasteiger partial charge in [0, 0.05) is 41.3 Å². The average Bonchev–Trinajstić information content (AvgIpc) is 3.04. The van der Waals surface area contributed by atoms with Crippen LogP contribution in [-0.4, -0.2) is 35.2 Å². The maximum absolute atomic E-state index is 13.8. The summed E-state index contributed by atoms with van der Waals surface area (Å²) in [5.74, 6) is -0.440. The summed E-state index contributed by atoms with van der Waals surface area (Å²) in [6, 6.07) is 5.56. The third-order valence-electron chi connectivity index (χ3n) is 5.25. The predicted octanol–water partition coefficient (Wildman–Crippen LogP) is 3.95. The molecule has 11 heteroatoms. The van der Waals surface area contributed by atoms with Crippen molar-refractivity contribution in [2.45, 2.75) is 19.3 Å². The summed E-state index contributed by atoms with van der Waals surface area (Å²) in [4.78, 5) is 29.5. The molecule has 0 N–H and O–H groups in total. The van der Waals surface area contributed by atoms with Gasteiger partial charge in [-0.15, -0.1) is 0 Å². The van der Waals surface area contributed by atoms with Gasteiger partial charge in [-0.25, -0.2) is 19.2 Å². The Labute approximate surface area is 183 Å². The van der Waals surface area contributed by atoms with Crippen molar-refractivity contribution in [2.24, 2.45) is 0 Å². The summed E-state index contributed by atoms with van der Waals surface area (Å²) in [6.45, 7) is -1.56. The van der Waals surface area contributed by atoms with Crippen LogP contribution < -0.4 is 5.69 Å². The molecule has 166 valence electrons. The topological polar surface area (TPSA) is 78.5 Å². The molecule has 0 bridgehead atoms. The largest absolute Gasteiger partial charge is 0.406 e. The van der Waals surface area contributed by atoms with E-state index in [1.165, 1.54) is 47.7 Å². The standard InChI is InChI=1S/C22H14F4N6O/c23-15-1-2-16-13(5-15)8-30-17(20(16)14-6-28-12-29-7-14)10-31-19-9-27-4-3-18(19)32(21(31)33)11-22(24,25)26/h1-9,12H,10-11H2. The molecule has 4 heterocycles. The molecule has 0 amide bonds. The fourth-order valence-electron chi connectivity index (χ4n) is 3.91. The number of aromatic nitrogens is 6. The van der Waals surface area contributed by atoms with Crippen molar-refractivity contribution in [1.82, 2.24) is 29.1 Å². The Bertz CT molecular complexity index is 1540. The fraction of sp³-hybridized carbons (Fsp3) is 0.136. The third-order valence-corrected chi connectivity index (χ3v) is 5.25. The predicted molar refractivity (Wildman–Crippen MR) is 112 cm³/mol. The van der Waals surface area contributed by atoms with Crippen LogP contribution in [0.15, 0.2) is 66.4 Å². The number of fused-ring (bicyclic) bond motifs is 2. The van der Waals surface area contributed by atoms with Crippen LogP contribution in [0.3, 0.4) is 0 Å². The van der Waals surface area contributed by atoms with Crippen molar-refractivity contribution in [1.29, 1.82) is 0 Å². The molecule has 0 saturated heterocycles. The van der Waals surface area contributed by atoms with Crippen molar-refractivity contribution in [3.05, 3.63) is 83.6 Å². The average molecular weight is 454 g/mol. The number of alkyl halides is 3. The van der Waals surface area contributed by atoms with Gasteiger partial charge >= 0.3 is 11.9 Å². The van der Waals surface area contributed by atoms with Gasteiger partial charge in [0.15, 0.2) is 0 Å². The fourth-order valence-corrected chi connectivity index (χ4v) is 3.91. The SMILES string of the molecule is O=c1n(Cc2ncc3cc(F)ccc3c2-c2cncnc2)c2cnccc2n1CC(F)(F)F. The van der Waals surface area contributed by atoms with Crippen LogP contribution in [0.4, 0.5) is 17.6 Å². The van der Waals surface area contributed by atoms with Gasteiger partial charge in [0.05, 0.1) is 29.5 Å². The highest BCUT2D eigenvalue weighted by molar-refractivity contribution is 5.97. The molecule has 0 fully saturated rings. The van der Waals surface area contributed by atoms with Crippen LogP contribution in [0.2, 0.25) is 0 Å². The summed E-state index contributed by atoms with van der Waals surface area (Å²) in [5.41, 5.74) is 1.03. The third kappa shape index (κ3) is 3.81. The monoisotopic (exact) mass is 454 g/mol. The first kappa shape index (κ1) is 20.7. The van der Waals surface area contributed by atoms with E-state index in [-0.39, 0.29) is 17.6 Å². The Hall–Kier alpha value is -4.15.